The van der Waals surface area contributed by atoms with Crippen LogP contribution in [0, 0.1) is 6.92 Å². The van der Waals surface area contributed by atoms with Crippen LogP contribution in [0.25, 0.3) is 0 Å². The molecule has 0 bridgehead atoms. The zero-order chi connectivity index (χ0) is 15.4. The highest BCUT2D eigenvalue weighted by molar-refractivity contribution is 6.33. The zero-order valence-electron chi connectivity index (χ0n) is 13.0. The molecule has 21 heavy (non-hydrogen) atoms. The van der Waals surface area contributed by atoms with Crippen LogP contribution >= 0.6 is 11.6 Å². The predicted molar refractivity (Wildman–Crippen MR) is 90.0 cm³/mol. The molecule has 0 aliphatic carbocycles. The number of benzene rings is 1. The Morgan fingerprint density at radius 2 is 2.05 bits per heavy atom. The molecule has 0 amide bonds. The highest BCUT2D eigenvalue weighted by atomic mass is 35.5. The summed E-state index contributed by atoms with van der Waals surface area (Å²) >= 11 is 6.43. The Morgan fingerprint density at radius 3 is 2.67 bits per heavy atom. The summed E-state index contributed by atoms with van der Waals surface area (Å²) in [5.74, 6) is 0. The van der Waals surface area contributed by atoms with E-state index in [0.717, 1.165) is 28.6 Å². The van der Waals surface area contributed by atoms with Crippen LogP contribution < -0.4 is 10.2 Å². The van der Waals surface area contributed by atoms with Crippen LogP contribution in [0.2, 0.25) is 5.02 Å². The lowest BCUT2D eigenvalue weighted by atomic mass is 10.1. The molecule has 2 rings (SSSR count). The number of anilines is 1. The summed E-state index contributed by atoms with van der Waals surface area (Å²) in [5.41, 5.74) is 4.28. The molecule has 112 valence electrons. The fourth-order valence-corrected chi connectivity index (χ4v) is 2.62. The van der Waals surface area contributed by atoms with Gasteiger partial charge in [-0.15, -0.1) is 0 Å². The summed E-state index contributed by atoms with van der Waals surface area (Å²) in [5, 5.41) is 3.99. The number of nitrogens with one attached hydrogen (secondary N) is 1. The standard InChI is InChI=1S/C17H22ClN3/c1-12-6-5-7-15(20-12)11-21(4)17-9-8-14(10-16(17)18)13(2)19-3/h5-10,13,19H,11H2,1-4H3. The van der Waals surface area contributed by atoms with Crippen LogP contribution in [-0.2, 0) is 6.54 Å². The number of rotatable bonds is 5. The molecule has 1 atom stereocenters. The quantitative estimate of drug-likeness (QED) is 0.906. The van der Waals surface area contributed by atoms with Crippen LogP contribution in [-0.4, -0.2) is 19.1 Å². The summed E-state index contributed by atoms with van der Waals surface area (Å²) in [6.45, 7) is 4.86. The maximum atomic E-state index is 6.43. The van der Waals surface area contributed by atoms with E-state index in [2.05, 4.69) is 34.3 Å². The number of pyridine rings is 1. The van der Waals surface area contributed by atoms with Gasteiger partial charge in [0.15, 0.2) is 0 Å². The van der Waals surface area contributed by atoms with Crippen molar-refractivity contribution in [1.82, 2.24) is 10.3 Å². The molecule has 1 aromatic heterocycles. The molecule has 1 N–H and O–H groups in total. The molecule has 0 saturated carbocycles. The van der Waals surface area contributed by atoms with E-state index >= 15 is 0 Å². The molecule has 1 heterocycles. The third-order valence-corrected chi connectivity index (χ3v) is 3.96. The summed E-state index contributed by atoms with van der Waals surface area (Å²) in [6.07, 6.45) is 0. The normalized spacial score (nSPS) is 12.2. The van der Waals surface area contributed by atoms with Crippen LogP contribution in [0.3, 0.4) is 0 Å². The molecular formula is C17H22ClN3. The van der Waals surface area contributed by atoms with Crippen molar-refractivity contribution in [3.8, 4) is 0 Å². The van der Waals surface area contributed by atoms with E-state index in [1.807, 2.05) is 45.3 Å². The van der Waals surface area contributed by atoms with Crippen LogP contribution in [0.15, 0.2) is 36.4 Å². The van der Waals surface area contributed by atoms with Gasteiger partial charge in [0, 0.05) is 18.8 Å². The van der Waals surface area contributed by atoms with Crippen molar-refractivity contribution in [2.45, 2.75) is 26.4 Å². The third kappa shape index (κ3) is 3.96. The Bertz CT molecular complexity index is 613. The number of halogens is 1. The van der Waals surface area contributed by atoms with E-state index in [9.17, 15) is 0 Å². The average molecular weight is 304 g/mol. The molecule has 0 spiro atoms. The van der Waals surface area contributed by atoms with Crippen molar-refractivity contribution in [3.05, 3.63) is 58.4 Å². The minimum absolute atomic E-state index is 0.292. The van der Waals surface area contributed by atoms with Gasteiger partial charge in [0.25, 0.3) is 0 Å². The van der Waals surface area contributed by atoms with E-state index in [4.69, 9.17) is 11.6 Å². The van der Waals surface area contributed by atoms with Crippen LogP contribution in [0.5, 0.6) is 0 Å². The molecule has 3 nitrogen and oxygen atoms in total. The molecule has 0 aliphatic heterocycles. The highest BCUT2D eigenvalue weighted by Gasteiger charge is 2.10. The van der Waals surface area contributed by atoms with Gasteiger partial charge in [-0.1, -0.05) is 23.7 Å². The van der Waals surface area contributed by atoms with Gasteiger partial charge in [-0.3, -0.25) is 4.98 Å². The van der Waals surface area contributed by atoms with Gasteiger partial charge in [-0.2, -0.15) is 0 Å². The Labute approximate surface area is 132 Å². The first-order chi connectivity index (χ1) is 10.0. The smallest absolute Gasteiger partial charge is 0.0642 e. The lowest BCUT2D eigenvalue weighted by molar-refractivity contribution is 0.652. The Kier molecular flexibility index (Phi) is 5.21. The number of nitrogens with zero attached hydrogens (tertiary/aromatic N) is 2. The van der Waals surface area contributed by atoms with Gasteiger partial charge in [-0.05, 0) is 50.7 Å². The molecule has 1 aromatic carbocycles. The monoisotopic (exact) mass is 303 g/mol. The van der Waals surface area contributed by atoms with Crippen LogP contribution in [0.1, 0.15) is 29.9 Å². The first kappa shape index (κ1) is 15.8. The molecule has 0 aliphatic rings. The van der Waals surface area contributed by atoms with Crippen molar-refractivity contribution in [3.63, 3.8) is 0 Å². The van der Waals surface area contributed by atoms with Gasteiger partial charge >= 0.3 is 0 Å². The molecule has 0 saturated heterocycles. The van der Waals surface area contributed by atoms with Crippen LogP contribution in [0.4, 0.5) is 5.69 Å². The highest BCUT2D eigenvalue weighted by Crippen LogP contribution is 2.29. The molecular weight excluding hydrogens is 282 g/mol. The van der Waals surface area contributed by atoms with E-state index in [1.165, 1.54) is 5.56 Å². The molecule has 0 fully saturated rings. The largest absolute Gasteiger partial charge is 0.367 e. The lowest BCUT2D eigenvalue weighted by Gasteiger charge is -2.22. The maximum absolute atomic E-state index is 6.43. The summed E-state index contributed by atoms with van der Waals surface area (Å²) < 4.78 is 0. The Hall–Kier alpha value is -1.58. The van der Waals surface area contributed by atoms with E-state index in [-0.39, 0.29) is 0 Å². The summed E-state index contributed by atoms with van der Waals surface area (Å²) in [6, 6.07) is 12.6. The van der Waals surface area contributed by atoms with Crippen molar-refractivity contribution in [1.29, 1.82) is 0 Å². The second kappa shape index (κ2) is 6.92. The maximum Gasteiger partial charge on any atom is 0.0642 e. The van der Waals surface area contributed by atoms with E-state index in [1.54, 1.807) is 0 Å². The lowest BCUT2D eigenvalue weighted by Crippen LogP contribution is -2.18. The Balaban J connectivity index is 2.17. The minimum Gasteiger partial charge on any atom is -0.367 e. The van der Waals surface area contributed by atoms with Crippen molar-refractivity contribution >= 4 is 17.3 Å². The zero-order valence-corrected chi connectivity index (χ0v) is 13.8. The molecule has 2 aromatic rings. The van der Waals surface area contributed by atoms with Crippen molar-refractivity contribution < 1.29 is 0 Å². The average Bonchev–Trinajstić information content (AvgIpc) is 2.46. The summed E-state index contributed by atoms with van der Waals surface area (Å²) in [7, 11) is 3.98. The topological polar surface area (TPSA) is 28.2 Å². The van der Waals surface area contributed by atoms with Gasteiger partial charge < -0.3 is 10.2 Å². The molecule has 0 radical (unpaired) electrons. The minimum atomic E-state index is 0.292. The first-order valence-electron chi connectivity index (χ1n) is 7.11. The SMILES string of the molecule is CNC(C)c1ccc(N(C)Cc2cccc(C)n2)c(Cl)c1. The number of hydrogen-bond donors (Lipinski definition) is 1. The number of aromatic nitrogens is 1. The summed E-state index contributed by atoms with van der Waals surface area (Å²) in [4.78, 5) is 6.66. The third-order valence-electron chi connectivity index (χ3n) is 3.66. The number of aryl methyl sites for hydroxylation is 1. The van der Waals surface area contributed by atoms with Gasteiger partial charge in [0.1, 0.15) is 0 Å². The fraction of sp³-hybridized carbons (Fsp3) is 0.353. The second-order valence-corrected chi connectivity index (χ2v) is 5.75. The first-order valence-corrected chi connectivity index (χ1v) is 7.49. The molecule has 4 heteroatoms. The van der Waals surface area contributed by atoms with Gasteiger partial charge in [-0.25, -0.2) is 0 Å². The van der Waals surface area contributed by atoms with Crippen molar-refractivity contribution in [2.75, 3.05) is 19.0 Å². The second-order valence-electron chi connectivity index (χ2n) is 5.35. The number of hydrogen-bond acceptors (Lipinski definition) is 3. The Morgan fingerprint density at radius 1 is 1.29 bits per heavy atom. The van der Waals surface area contributed by atoms with Gasteiger partial charge in [0.2, 0.25) is 0 Å². The fourth-order valence-electron chi connectivity index (χ4n) is 2.28. The predicted octanol–water partition coefficient (Wildman–Crippen LogP) is 3.96. The van der Waals surface area contributed by atoms with Gasteiger partial charge in [0.05, 0.1) is 22.9 Å². The van der Waals surface area contributed by atoms with E-state index in [0.29, 0.717) is 6.04 Å². The van der Waals surface area contributed by atoms with Crippen molar-refractivity contribution in [2.24, 2.45) is 0 Å². The van der Waals surface area contributed by atoms with E-state index < -0.39 is 0 Å². The molecule has 1 unspecified atom stereocenters.